The zero-order chi connectivity index (χ0) is 24.9. The van der Waals surface area contributed by atoms with Crippen molar-refractivity contribution >= 4 is 40.1 Å². The first-order valence-corrected chi connectivity index (χ1v) is 12.0. The predicted octanol–water partition coefficient (Wildman–Crippen LogP) is 4.58. The lowest BCUT2D eigenvalue weighted by atomic mass is 9.88. The van der Waals surface area contributed by atoms with Crippen LogP contribution in [0.1, 0.15) is 65.3 Å². The van der Waals surface area contributed by atoms with Gasteiger partial charge in [0.1, 0.15) is 5.82 Å². The van der Waals surface area contributed by atoms with Crippen LogP contribution in [0.15, 0.2) is 42.5 Å². The van der Waals surface area contributed by atoms with Gasteiger partial charge in [-0.05, 0) is 62.2 Å². The van der Waals surface area contributed by atoms with E-state index in [0.717, 1.165) is 31.4 Å². The number of nitriles is 1. The fraction of sp³-hybridized carbons (Fsp3) is 0.333. The Morgan fingerprint density at radius 1 is 1.06 bits per heavy atom. The molecule has 3 N–H and O–H groups in total. The van der Waals surface area contributed by atoms with Crippen molar-refractivity contribution in [3.8, 4) is 6.07 Å². The van der Waals surface area contributed by atoms with Gasteiger partial charge in [0.05, 0.1) is 17.2 Å². The number of anilines is 2. The number of nitrogens with zero attached hydrogens (tertiary/aromatic N) is 2. The highest BCUT2D eigenvalue weighted by molar-refractivity contribution is 6.16. The Morgan fingerprint density at radius 2 is 1.77 bits per heavy atom. The van der Waals surface area contributed by atoms with Crippen LogP contribution in [0.25, 0.3) is 10.9 Å². The number of amides is 3. The van der Waals surface area contributed by atoms with Gasteiger partial charge in [0.2, 0.25) is 5.91 Å². The van der Waals surface area contributed by atoms with Crippen LogP contribution in [-0.4, -0.2) is 36.3 Å². The van der Waals surface area contributed by atoms with Crippen LogP contribution in [0.3, 0.4) is 0 Å². The maximum Gasteiger partial charge on any atom is 0.256 e. The van der Waals surface area contributed by atoms with E-state index in [1.54, 1.807) is 42.3 Å². The smallest absolute Gasteiger partial charge is 0.256 e. The molecule has 0 spiro atoms. The molecule has 0 bridgehead atoms. The fourth-order valence-corrected chi connectivity index (χ4v) is 4.61. The van der Waals surface area contributed by atoms with E-state index in [2.05, 4.69) is 15.6 Å². The summed E-state index contributed by atoms with van der Waals surface area (Å²) in [5, 5.41) is 15.2. The Labute approximate surface area is 204 Å². The minimum atomic E-state index is -0.406. The maximum absolute atomic E-state index is 13.0. The van der Waals surface area contributed by atoms with Crippen LogP contribution in [-0.2, 0) is 4.79 Å². The van der Waals surface area contributed by atoms with Gasteiger partial charge < -0.3 is 20.5 Å². The average Bonchev–Trinajstić information content (AvgIpc) is 3.25. The summed E-state index contributed by atoms with van der Waals surface area (Å²) in [7, 11) is 1.78. The largest absolute Gasteiger partial charge is 0.352 e. The van der Waals surface area contributed by atoms with Crippen LogP contribution in [0.5, 0.6) is 0 Å². The number of carbonyl (C=O) groups excluding carboxylic acids is 3. The summed E-state index contributed by atoms with van der Waals surface area (Å²) in [5.74, 6) is -0.293. The highest BCUT2D eigenvalue weighted by atomic mass is 16.2. The number of benzene rings is 2. The number of hydrogen-bond donors (Lipinski definition) is 3. The van der Waals surface area contributed by atoms with E-state index in [9.17, 15) is 14.4 Å². The van der Waals surface area contributed by atoms with Crippen LogP contribution < -0.4 is 15.5 Å². The number of aromatic amines is 1. The predicted molar refractivity (Wildman–Crippen MR) is 135 cm³/mol. The molecular weight excluding hydrogens is 442 g/mol. The fourth-order valence-electron chi connectivity index (χ4n) is 4.61. The maximum atomic E-state index is 13.0. The quantitative estimate of drug-likeness (QED) is 0.487. The van der Waals surface area contributed by atoms with Crippen LogP contribution in [0.2, 0.25) is 0 Å². The third-order valence-electron chi connectivity index (χ3n) is 6.53. The second-order valence-electron chi connectivity index (χ2n) is 8.84. The van der Waals surface area contributed by atoms with Crippen molar-refractivity contribution in [3.05, 3.63) is 59.2 Å². The van der Waals surface area contributed by atoms with E-state index >= 15 is 0 Å². The zero-order valence-corrected chi connectivity index (χ0v) is 20.0. The van der Waals surface area contributed by atoms with Gasteiger partial charge in [-0.1, -0.05) is 19.3 Å². The molecule has 1 saturated carbocycles. The molecule has 8 nitrogen and oxygen atoms in total. The molecule has 3 amide bonds. The van der Waals surface area contributed by atoms with Crippen molar-refractivity contribution in [3.63, 3.8) is 0 Å². The molecule has 180 valence electrons. The summed E-state index contributed by atoms with van der Waals surface area (Å²) in [5.41, 5.74) is 2.51. The van der Waals surface area contributed by atoms with Crippen molar-refractivity contribution in [2.45, 2.75) is 39.0 Å². The Kier molecular flexibility index (Phi) is 7.16. The summed E-state index contributed by atoms with van der Waals surface area (Å²) >= 11 is 0. The average molecular weight is 472 g/mol. The van der Waals surface area contributed by atoms with Crippen molar-refractivity contribution in [2.75, 3.05) is 23.8 Å². The number of H-pyrrole nitrogens is 1. The second kappa shape index (κ2) is 10.4. The molecule has 0 radical (unpaired) electrons. The van der Waals surface area contributed by atoms with E-state index < -0.39 is 5.91 Å². The van der Waals surface area contributed by atoms with Gasteiger partial charge in [0.25, 0.3) is 11.8 Å². The molecule has 0 unspecified atom stereocenters. The molecule has 1 aliphatic carbocycles. The Bertz CT molecular complexity index is 1300. The molecule has 1 aromatic heterocycles. The summed E-state index contributed by atoms with van der Waals surface area (Å²) in [6.45, 7) is 2.26. The molecular formula is C27H29N5O3. The molecule has 0 aliphatic heterocycles. The van der Waals surface area contributed by atoms with Crippen molar-refractivity contribution in [1.82, 2.24) is 10.3 Å². The summed E-state index contributed by atoms with van der Waals surface area (Å²) in [6.07, 6.45) is 5.18. The van der Waals surface area contributed by atoms with Gasteiger partial charge >= 0.3 is 0 Å². The van der Waals surface area contributed by atoms with E-state index in [0.29, 0.717) is 34.1 Å². The van der Waals surface area contributed by atoms with Gasteiger partial charge in [-0.3, -0.25) is 14.4 Å². The third kappa shape index (κ3) is 5.04. The molecule has 2 aromatic carbocycles. The summed E-state index contributed by atoms with van der Waals surface area (Å²) in [4.78, 5) is 43.6. The number of carbonyl (C=O) groups is 3. The van der Waals surface area contributed by atoms with E-state index in [1.807, 2.05) is 25.1 Å². The molecule has 0 atom stereocenters. The molecule has 3 aromatic rings. The molecule has 0 saturated heterocycles. The molecule has 1 aliphatic rings. The normalized spacial score (nSPS) is 13.7. The van der Waals surface area contributed by atoms with Gasteiger partial charge in [-0.2, -0.15) is 5.26 Å². The summed E-state index contributed by atoms with van der Waals surface area (Å²) < 4.78 is 0. The number of hydrogen-bond acceptors (Lipinski definition) is 4. The Balaban J connectivity index is 1.66. The van der Waals surface area contributed by atoms with Crippen LogP contribution in [0, 0.1) is 17.2 Å². The van der Waals surface area contributed by atoms with Crippen molar-refractivity contribution < 1.29 is 14.4 Å². The lowest BCUT2D eigenvalue weighted by Gasteiger charge is -2.26. The Hall–Kier alpha value is -4.12. The van der Waals surface area contributed by atoms with Crippen LogP contribution in [0.4, 0.5) is 11.5 Å². The minimum Gasteiger partial charge on any atom is -0.352 e. The standard InChI is InChI=1S/C27H29N5O3/c1-3-29-26(34)23-21-14-13-20(32(2)27(35)19-7-5-4-6-8-19)15-22(21)30-24(23)31-25(33)18-11-9-17(16-28)10-12-18/h9-15,19,30H,3-8H2,1-2H3,(H,29,34)(H,31,33). The van der Waals surface area contributed by atoms with Gasteiger partial charge in [-0.25, -0.2) is 0 Å². The number of nitrogens with one attached hydrogen (secondary N) is 3. The van der Waals surface area contributed by atoms with Gasteiger partial charge in [-0.15, -0.1) is 0 Å². The molecule has 4 rings (SSSR count). The van der Waals surface area contributed by atoms with Crippen LogP contribution >= 0.6 is 0 Å². The highest BCUT2D eigenvalue weighted by Crippen LogP contribution is 2.32. The molecule has 1 heterocycles. The van der Waals surface area contributed by atoms with Crippen molar-refractivity contribution in [1.29, 1.82) is 5.26 Å². The summed E-state index contributed by atoms with van der Waals surface area (Å²) in [6, 6.07) is 13.7. The second-order valence-corrected chi connectivity index (χ2v) is 8.84. The Morgan fingerprint density at radius 3 is 2.43 bits per heavy atom. The molecule has 1 fully saturated rings. The topological polar surface area (TPSA) is 118 Å². The molecule has 35 heavy (non-hydrogen) atoms. The number of fused-ring (bicyclic) bond motifs is 1. The number of rotatable bonds is 6. The first-order chi connectivity index (χ1) is 16.9. The SMILES string of the molecule is CCNC(=O)c1c(NC(=O)c2ccc(C#N)cc2)[nH]c2cc(N(C)C(=O)C3CCCCC3)ccc12. The van der Waals surface area contributed by atoms with E-state index in [-0.39, 0.29) is 23.6 Å². The monoisotopic (exact) mass is 471 g/mol. The third-order valence-corrected chi connectivity index (χ3v) is 6.53. The highest BCUT2D eigenvalue weighted by Gasteiger charge is 2.26. The van der Waals surface area contributed by atoms with Gasteiger partial charge in [0, 0.05) is 41.7 Å². The van der Waals surface area contributed by atoms with Crippen molar-refractivity contribution in [2.24, 2.45) is 5.92 Å². The lowest BCUT2D eigenvalue weighted by molar-refractivity contribution is -0.123. The first kappa shape index (κ1) is 24.0. The van der Waals surface area contributed by atoms with E-state index in [4.69, 9.17) is 5.26 Å². The lowest BCUT2D eigenvalue weighted by Crippen LogP contribution is -2.33. The molecule has 8 heteroatoms. The van der Waals surface area contributed by atoms with Gasteiger partial charge in [0.15, 0.2) is 0 Å². The van der Waals surface area contributed by atoms with E-state index in [1.165, 1.54) is 6.42 Å². The number of aromatic nitrogens is 1. The first-order valence-electron chi connectivity index (χ1n) is 12.0. The zero-order valence-electron chi connectivity index (χ0n) is 20.0. The minimum absolute atomic E-state index is 0.0428.